The molecule has 0 unspecified atom stereocenters. The molecular formula is C3H5N3O2V. The van der Waals surface area contributed by atoms with E-state index >= 15 is 0 Å². The summed E-state index contributed by atoms with van der Waals surface area (Å²) in [6, 6.07) is -1.05. The van der Waals surface area contributed by atoms with Crippen molar-refractivity contribution in [1.29, 1.82) is 4.21 Å². The van der Waals surface area contributed by atoms with Crippen molar-refractivity contribution >= 4 is 12.4 Å². The van der Waals surface area contributed by atoms with Crippen LogP contribution in [0.5, 0.6) is 0 Å². The fourth-order valence-electron chi connectivity index (χ4n) is 0.0415. The number of hydrogen-bond donors (Lipinski definition) is 1. The minimum atomic E-state index is -1.05. The van der Waals surface area contributed by atoms with E-state index in [9.17, 15) is 9.59 Å². The standard InChI is InChI=1S/C3H5N2O2.HN.V/c1-5(2-6)3(4)7;;/h1H3,(H2,4,7);1H;/q-1;;+2/p-1. The van der Waals surface area contributed by atoms with E-state index in [1.54, 1.807) is 17.2 Å². The Hall–Kier alpha value is -0.676. The normalized spacial score (nSPS) is 6.56. The predicted octanol–water partition coefficient (Wildman–Crippen LogP) is 0.453. The molecule has 0 aliphatic heterocycles. The fraction of sp³-hybridized carbons (Fsp3) is 0.333. The van der Waals surface area contributed by atoms with Crippen LogP contribution in [-0.2, 0) is 22.0 Å². The maximum absolute atomic E-state index is 9.70. The first kappa shape index (κ1) is 11.2. The molecule has 0 bridgehead atoms. The van der Waals surface area contributed by atoms with Crippen molar-refractivity contribution in [2.75, 3.05) is 7.05 Å². The summed E-state index contributed by atoms with van der Waals surface area (Å²) in [6.07, 6.45) is 1.21. The zero-order valence-electron chi connectivity index (χ0n) is 4.71. The predicted molar refractivity (Wildman–Crippen MR) is 25.9 cm³/mol. The van der Waals surface area contributed by atoms with Gasteiger partial charge in [0, 0.05) is 0 Å². The molecule has 0 saturated heterocycles. The number of nitrogens with one attached hydrogen (secondary N) is 2. The molecule has 9 heavy (non-hydrogen) atoms. The first-order valence-corrected chi connectivity index (χ1v) is 2.47. The second-order valence-corrected chi connectivity index (χ2v) is 0.955. The van der Waals surface area contributed by atoms with Gasteiger partial charge in [-0.05, 0) is 12.4 Å². The molecule has 0 aromatic heterocycles. The summed E-state index contributed by atoms with van der Waals surface area (Å²) in [4.78, 5) is 19.6. The van der Waals surface area contributed by atoms with Gasteiger partial charge >= 0.3 is 21.4 Å². The molecular weight excluding hydrogens is 161 g/mol. The van der Waals surface area contributed by atoms with Gasteiger partial charge in [-0.3, -0.25) is 0 Å². The van der Waals surface area contributed by atoms with Crippen molar-refractivity contribution in [3.63, 3.8) is 0 Å². The quantitative estimate of drug-likeness (QED) is 0.453. The number of urea groups is 1. The van der Waals surface area contributed by atoms with Gasteiger partial charge in [0.05, 0.1) is 0 Å². The molecule has 2 N–H and O–H groups in total. The number of carbonyl (C=O) groups excluding carboxylic acids is 2. The average molecular weight is 166 g/mol. The van der Waals surface area contributed by atoms with E-state index in [1.165, 1.54) is 13.5 Å². The molecule has 0 atom stereocenters. The van der Waals surface area contributed by atoms with Crippen LogP contribution in [0.4, 0.5) is 4.79 Å². The average Bonchev–Trinajstić information content (AvgIpc) is 1.91. The van der Waals surface area contributed by atoms with Crippen molar-refractivity contribution in [2.45, 2.75) is 0 Å². The van der Waals surface area contributed by atoms with Crippen LogP contribution in [0.2, 0.25) is 0 Å². The van der Waals surface area contributed by atoms with Gasteiger partial charge in [-0.1, -0.05) is 7.05 Å². The second-order valence-electron chi connectivity index (χ2n) is 0.955. The number of carbonyl (C=O) groups is 1. The first-order valence-electron chi connectivity index (χ1n) is 1.78. The first-order chi connectivity index (χ1) is 4.18. The van der Waals surface area contributed by atoms with Crippen molar-refractivity contribution < 1.29 is 26.8 Å². The summed E-state index contributed by atoms with van der Waals surface area (Å²) in [6.45, 7) is 0. The molecule has 0 aliphatic rings. The Morgan fingerprint density at radius 1 is 1.78 bits per heavy atom. The molecule has 0 aromatic rings. The van der Waals surface area contributed by atoms with E-state index in [4.69, 9.17) is 9.94 Å². The van der Waals surface area contributed by atoms with Gasteiger partial charge in [0.2, 0.25) is 0 Å². The van der Waals surface area contributed by atoms with Gasteiger partial charge in [-0.2, -0.15) is 0 Å². The van der Waals surface area contributed by atoms with Gasteiger partial charge in [0.25, 0.3) is 0 Å². The molecule has 6 heteroatoms. The molecule has 0 saturated carbocycles. The fourth-order valence-corrected chi connectivity index (χ4v) is 0.0415. The van der Waals surface area contributed by atoms with E-state index < -0.39 is 6.03 Å². The van der Waals surface area contributed by atoms with Gasteiger partial charge in [0.15, 0.2) is 0 Å². The van der Waals surface area contributed by atoms with Crippen molar-refractivity contribution in [3.05, 3.63) is 5.73 Å². The van der Waals surface area contributed by atoms with E-state index in [0.717, 1.165) is 0 Å². The Morgan fingerprint density at radius 3 is 2.11 bits per heavy atom. The number of hydrogen-bond acceptors (Lipinski definition) is 3. The summed E-state index contributed by atoms with van der Waals surface area (Å²) in [5.74, 6) is 0. The second kappa shape index (κ2) is 7.32. The van der Waals surface area contributed by atoms with Crippen LogP contribution in [0.15, 0.2) is 0 Å². The van der Waals surface area contributed by atoms with Gasteiger partial charge < -0.3 is 20.2 Å². The third kappa shape index (κ3) is 7.32. The summed E-state index contributed by atoms with van der Waals surface area (Å²) in [5.41, 5.74) is 6.21. The third-order valence-electron chi connectivity index (χ3n) is 0.442. The third-order valence-corrected chi connectivity index (χ3v) is 0.442. The van der Waals surface area contributed by atoms with Gasteiger partial charge in [-0.15, -0.1) is 0 Å². The van der Waals surface area contributed by atoms with Crippen LogP contribution in [0, 0.1) is 4.21 Å². The molecule has 5 nitrogen and oxygen atoms in total. The molecule has 3 amide bonds. The van der Waals surface area contributed by atoms with Crippen LogP contribution in [0.25, 0.3) is 5.73 Å². The van der Waals surface area contributed by atoms with Crippen LogP contribution >= 0.6 is 0 Å². The Bertz CT molecular complexity index is 107. The topological polar surface area (TPSA) is 85.0 Å². The Morgan fingerprint density at radius 2 is 2.11 bits per heavy atom. The summed E-state index contributed by atoms with van der Waals surface area (Å²) >= 11 is 1.56. The maximum atomic E-state index is 9.70. The Kier molecular flexibility index (Phi) is 9.09. The molecule has 49 valence electrons. The van der Waals surface area contributed by atoms with Crippen molar-refractivity contribution in [2.24, 2.45) is 0 Å². The van der Waals surface area contributed by atoms with Crippen molar-refractivity contribution in [3.8, 4) is 0 Å². The molecule has 0 aromatic carbocycles. The summed E-state index contributed by atoms with van der Waals surface area (Å²) in [5, 5.41) is 0. The minimum absolute atomic E-state index is 0.514. The molecule has 0 spiro atoms. The molecule has 0 aliphatic carbocycles. The Labute approximate surface area is 61.8 Å². The molecule has 0 rings (SSSR count). The van der Waals surface area contributed by atoms with E-state index in [0.29, 0.717) is 4.90 Å². The van der Waals surface area contributed by atoms with Crippen molar-refractivity contribution in [1.82, 2.24) is 4.90 Å². The van der Waals surface area contributed by atoms with Crippen LogP contribution in [0.1, 0.15) is 0 Å². The van der Waals surface area contributed by atoms with Crippen LogP contribution in [-0.4, -0.2) is 24.4 Å². The number of rotatable bonds is 1. The Balaban J connectivity index is 0. The number of nitrogens with zero attached hydrogens (tertiary/aromatic N) is 1. The van der Waals surface area contributed by atoms with Gasteiger partial charge in [0.1, 0.15) is 0 Å². The van der Waals surface area contributed by atoms with E-state index in [1.807, 2.05) is 0 Å². The number of amides is 3. The molecule has 0 fully saturated rings. The zero-order valence-corrected chi connectivity index (χ0v) is 6.11. The van der Waals surface area contributed by atoms with E-state index in [-0.39, 0.29) is 0 Å². The van der Waals surface area contributed by atoms with E-state index in [2.05, 4.69) is 0 Å². The van der Waals surface area contributed by atoms with Crippen LogP contribution in [0.3, 0.4) is 0 Å². The van der Waals surface area contributed by atoms with Gasteiger partial charge in [-0.25, -0.2) is 0 Å². The summed E-state index contributed by atoms with van der Waals surface area (Å²) in [7, 11) is 1.17. The zero-order chi connectivity index (χ0) is 7.86. The SMILES string of the molecule is CN([C-]=O)C([NH-])=O.[NH]=[V+2]. The molecule has 0 radical (unpaired) electrons. The summed E-state index contributed by atoms with van der Waals surface area (Å²) < 4.78 is 5.69. The monoisotopic (exact) mass is 166 g/mol. The number of imide groups is 1. The molecule has 0 heterocycles. The van der Waals surface area contributed by atoms with Crippen LogP contribution < -0.4 is 0 Å².